The van der Waals surface area contributed by atoms with Gasteiger partial charge in [-0.15, -0.1) is 0 Å². The van der Waals surface area contributed by atoms with E-state index < -0.39 is 5.97 Å². The molecule has 2 aromatic carbocycles. The predicted molar refractivity (Wildman–Crippen MR) is 130 cm³/mol. The minimum atomic E-state index is -0.597. The largest absolute Gasteiger partial charge is 0.490 e. The van der Waals surface area contributed by atoms with Crippen LogP contribution in [0, 0.1) is 5.92 Å². The van der Waals surface area contributed by atoms with Crippen LogP contribution >= 0.6 is 0 Å². The molecule has 176 valence electrons. The summed E-state index contributed by atoms with van der Waals surface area (Å²) >= 11 is 0. The molecule has 0 radical (unpaired) electrons. The van der Waals surface area contributed by atoms with E-state index in [4.69, 9.17) is 14.2 Å². The van der Waals surface area contributed by atoms with E-state index in [0.717, 1.165) is 28.5 Å². The van der Waals surface area contributed by atoms with Gasteiger partial charge in [0, 0.05) is 29.6 Å². The van der Waals surface area contributed by atoms with E-state index in [1.54, 1.807) is 12.3 Å². The number of fused-ring (bicyclic) bond motifs is 2. The molecule has 1 aliphatic rings. The number of carbonyl (C=O) groups excluding carboxylic acids is 2. The van der Waals surface area contributed by atoms with Gasteiger partial charge < -0.3 is 19.5 Å². The first-order chi connectivity index (χ1) is 16.5. The summed E-state index contributed by atoms with van der Waals surface area (Å²) in [6, 6.07) is 15.0. The van der Waals surface area contributed by atoms with Crippen molar-refractivity contribution in [3.63, 3.8) is 0 Å². The molecule has 0 fully saturated rings. The first-order valence-electron chi connectivity index (χ1n) is 11.4. The fourth-order valence-corrected chi connectivity index (χ4v) is 3.83. The summed E-state index contributed by atoms with van der Waals surface area (Å²) in [7, 11) is 0. The Kier molecular flexibility index (Phi) is 7.42. The second kappa shape index (κ2) is 10.8. The summed E-state index contributed by atoms with van der Waals surface area (Å²) in [5, 5.41) is 3.94. The van der Waals surface area contributed by atoms with E-state index in [2.05, 4.69) is 10.3 Å². The molecule has 0 saturated carbocycles. The van der Waals surface area contributed by atoms with Crippen LogP contribution in [0.25, 0.3) is 17.0 Å². The third-order valence-corrected chi connectivity index (χ3v) is 5.52. The Labute approximate surface area is 198 Å². The van der Waals surface area contributed by atoms with Crippen molar-refractivity contribution >= 4 is 28.9 Å². The van der Waals surface area contributed by atoms with Crippen LogP contribution in [0.1, 0.15) is 37.4 Å². The Morgan fingerprint density at radius 3 is 2.71 bits per heavy atom. The van der Waals surface area contributed by atoms with Gasteiger partial charge in [0.05, 0.1) is 24.8 Å². The summed E-state index contributed by atoms with van der Waals surface area (Å²) < 4.78 is 16.6. The highest BCUT2D eigenvalue weighted by Gasteiger charge is 2.21. The molecular weight excluding hydrogens is 432 g/mol. The monoisotopic (exact) mass is 460 g/mol. The van der Waals surface area contributed by atoms with Crippen molar-refractivity contribution in [1.29, 1.82) is 0 Å². The minimum absolute atomic E-state index is 0.114. The molecule has 4 rings (SSSR count). The van der Waals surface area contributed by atoms with Crippen molar-refractivity contribution in [1.82, 2.24) is 10.3 Å². The zero-order valence-electron chi connectivity index (χ0n) is 19.3. The van der Waals surface area contributed by atoms with Gasteiger partial charge in [-0.1, -0.05) is 44.2 Å². The van der Waals surface area contributed by atoms with Crippen LogP contribution in [0.5, 0.6) is 11.5 Å². The Morgan fingerprint density at radius 1 is 1.09 bits per heavy atom. The summed E-state index contributed by atoms with van der Waals surface area (Å²) in [6.45, 7) is 4.87. The predicted octanol–water partition coefficient (Wildman–Crippen LogP) is 4.47. The van der Waals surface area contributed by atoms with Crippen LogP contribution in [0.3, 0.4) is 0 Å². The third-order valence-electron chi connectivity index (χ3n) is 5.52. The second-order valence-electron chi connectivity index (χ2n) is 8.41. The third kappa shape index (κ3) is 5.73. The number of rotatable bonds is 7. The standard InChI is InChI=1S/C27H28N2O5/c1-18(2)26(21-9-11-22-23(16-21)33-15-5-14-32-22)29-24(30)17-34-25(31)12-10-20-7-3-6-19-8-4-13-28-27(19)20/h3-4,6-13,16,18,26H,5,14-15,17H2,1-2H3,(H,29,30). The van der Waals surface area contributed by atoms with E-state index in [-0.39, 0.29) is 24.5 Å². The van der Waals surface area contributed by atoms with Crippen molar-refractivity contribution < 1.29 is 23.8 Å². The molecule has 1 unspecified atom stereocenters. The highest BCUT2D eigenvalue weighted by atomic mass is 16.5. The number of esters is 1. The minimum Gasteiger partial charge on any atom is -0.490 e. The lowest BCUT2D eigenvalue weighted by atomic mass is 9.95. The zero-order valence-corrected chi connectivity index (χ0v) is 19.3. The molecule has 7 heteroatoms. The summed E-state index contributed by atoms with van der Waals surface area (Å²) in [5.41, 5.74) is 2.50. The molecule has 1 aromatic heterocycles. The molecule has 0 spiro atoms. The molecule has 2 heterocycles. The average Bonchev–Trinajstić information content (AvgIpc) is 3.09. The number of benzene rings is 2. The zero-order chi connectivity index (χ0) is 23.9. The number of amides is 1. The maximum Gasteiger partial charge on any atom is 0.331 e. The van der Waals surface area contributed by atoms with E-state index in [1.807, 2.05) is 62.4 Å². The van der Waals surface area contributed by atoms with E-state index >= 15 is 0 Å². The molecule has 1 aliphatic heterocycles. The van der Waals surface area contributed by atoms with Gasteiger partial charge in [0.1, 0.15) is 0 Å². The lowest BCUT2D eigenvalue weighted by Gasteiger charge is -2.23. The molecule has 1 N–H and O–H groups in total. The Hall–Kier alpha value is -3.87. The Morgan fingerprint density at radius 2 is 1.88 bits per heavy atom. The lowest BCUT2D eigenvalue weighted by molar-refractivity contribution is -0.144. The highest BCUT2D eigenvalue weighted by molar-refractivity contribution is 5.93. The number of nitrogens with one attached hydrogen (secondary N) is 1. The van der Waals surface area contributed by atoms with Crippen LogP contribution in [-0.4, -0.2) is 36.7 Å². The summed E-state index contributed by atoms with van der Waals surface area (Å²) in [6.07, 6.45) is 5.48. The number of pyridine rings is 1. The molecule has 7 nitrogen and oxygen atoms in total. The first-order valence-corrected chi connectivity index (χ1v) is 11.4. The van der Waals surface area contributed by atoms with E-state index in [0.29, 0.717) is 24.7 Å². The Balaban J connectivity index is 1.36. The van der Waals surface area contributed by atoms with Crippen LogP contribution in [0.4, 0.5) is 0 Å². The quantitative estimate of drug-likeness (QED) is 0.414. The molecule has 0 bridgehead atoms. The molecule has 0 saturated heterocycles. The van der Waals surface area contributed by atoms with Gasteiger partial charge in [-0.3, -0.25) is 9.78 Å². The molecule has 1 amide bonds. The van der Waals surface area contributed by atoms with Gasteiger partial charge in [0.15, 0.2) is 18.1 Å². The average molecular weight is 461 g/mol. The van der Waals surface area contributed by atoms with Crippen molar-refractivity contribution in [2.45, 2.75) is 26.3 Å². The number of carbonyl (C=O) groups is 2. The maximum atomic E-state index is 12.6. The van der Waals surface area contributed by atoms with Gasteiger partial charge in [-0.05, 0) is 35.8 Å². The SMILES string of the molecule is CC(C)C(NC(=O)COC(=O)C=Cc1cccc2cccnc12)c1ccc2c(c1)OCCCO2. The molecule has 1 atom stereocenters. The molecular formula is C27H28N2O5. The van der Waals surface area contributed by atoms with Gasteiger partial charge in [0.25, 0.3) is 5.91 Å². The normalized spacial score (nSPS) is 14.1. The number of hydrogen-bond donors (Lipinski definition) is 1. The highest BCUT2D eigenvalue weighted by Crippen LogP contribution is 2.34. The van der Waals surface area contributed by atoms with Crippen molar-refractivity contribution in [3.8, 4) is 11.5 Å². The van der Waals surface area contributed by atoms with Crippen molar-refractivity contribution in [2.75, 3.05) is 19.8 Å². The number of aromatic nitrogens is 1. The van der Waals surface area contributed by atoms with Crippen LogP contribution < -0.4 is 14.8 Å². The summed E-state index contributed by atoms with van der Waals surface area (Å²) in [4.78, 5) is 29.1. The lowest BCUT2D eigenvalue weighted by Crippen LogP contribution is -2.34. The van der Waals surface area contributed by atoms with Crippen LogP contribution in [0.15, 0.2) is 60.8 Å². The number of ether oxygens (including phenoxy) is 3. The van der Waals surface area contributed by atoms with Gasteiger partial charge >= 0.3 is 5.97 Å². The number of para-hydroxylation sites is 1. The molecule has 0 aliphatic carbocycles. The van der Waals surface area contributed by atoms with Gasteiger partial charge in [-0.2, -0.15) is 0 Å². The first kappa shape index (κ1) is 23.3. The van der Waals surface area contributed by atoms with E-state index in [1.165, 1.54) is 6.08 Å². The maximum absolute atomic E-state index is 12.6. The second-order valence-corrected chi connectivity index (χ2v) is 8.41. The fraction of sp³-hybridized carbons (Fsp3) is 0.296. The number of nitrogens with zero attached hydrogens (tertiary/aromatic N) is 1. The van der Waals surface area contributed by atoms with Crippen molar-refractivity contribution in [2.24, 2.45) is 5.92 Å². The van der Waals surface area contributed by atoms with Crippen LogP contribution in [0.2, 0.25) is 0 Å². The molecule has 3 aromatic rings. The van der Waals surface area contributed by atoms with Crippen LogP contribution in [-0.2, 0) is 14.3 Å². The van der Waals surface area contributed by atoms with Crippen molar-refractivity contribution in [3.05, 3.63) is 71.9 Å². The van der Waals surface area contributed by atoms with Gasteiger partial charge in [-0.25, -0.2) is 4.79 Å². The Bertz CT molecular complexity index is 1200. The molecule has 34 heavy (non-hydrogen) atoms. The van der Waals surface area contributed by atoms with E-state index in [9.17, 15) is 9.59 Å². The number of hydrogen-bond acceptors (Lipinski definition) is 6. The fourth-order valence-electron chi connectivity index (χ4n) is 3.83. The topological polar surface area (TPSA) is 86.8 Å². The summed E-state index contributed by atoms with van der Waals surface area (Å²) in [5.74, 6) is 0.522. The van der Waals surface area contributed by atoms with Gasteiger partial charge in [0.2, 0.25) is 0 Å². The smallest absolute Gasteiger partial charge is 0.331 e.